The van der Waals surface area contributed by atoms with Crippen LogP contribution < -0.4 is 15.6 Å². The lowest BCUT2D eigenvalue weighted by Gasteiger charge is -2.21. The number of ether oxygens (including phenoxy) is 2. The lowest BCUT2D eigenvalue weighted by molar-refractivity contribution is 0.0832. The molecule has 2 aromatic rings. The minimum Gasteiger partial charge on any atom is -0.479 e. The number of aromatic nitrogens is 4. The molecule has 0 amide bonds. The smallest absolute Gasteiger partial charge is 0.294 e. The second-order valence-electron chi connectivity index (χ2n) is 6.38. The molecule has 1 atom stereocenters. The quantitative estimate of drug-likeness (QED) is 0.438. The molecule has 0 saturated heterocycles. The zero-order chi connectivity index (χ0) is 20.3. The summed E-state index contributed by atoms with van der Waals surface area (Å²) in [7, 11) is 1.45. The number of hydrogen-bond donors (Lipinski definition) is 1. The van der Waals surface area contributed by atoms with Gasteiger partial charge in [0, 0.05) is 6.20 Å². The monoisotopic (exact) mass is 475 g/mol. The van der Waals surface area contributed by atoms with E-state index in [1.54, 1.807) is 17.7 Å². The van der Waals surface area contributed by atoms with E-state index < -0.39 is 6.67 Å². The number of alkyl halides is 1. The van der Waals surface area contributed by atoms with E-state index in [9.17, 15) is 9.18 Å². The number of nitrogens with zero attached hydrogens (tertiary/aromatic N) is 4. The number of hydrogen-bond acceptors (Lipinski definition) is 7. The average Bonchev–Trinajstić information content (AvgIpc) is 3.48. The van der Waals surface area contributed by atoms with Crippen LogP contribution in [0.3, 0.4) is 0 Å². The van der Waals surface area contributed by atoms with Crippen LogP contribution in [0.5, 0.6) is 5.88 Å². The van der Waals surface area contributed by atoms with Gasteiger partial charge in [-0.05, 0) is 53.2 Å². The maximum atomic E-state index is 13.1. The molecule has 152 valence electrons. The molecule has 1 aliphatic carbocycles. The lowest BCUT2D eigenvalue weighted by atomic mass is 10.2. The Morgan fingerprint density at radius 2 is 2.18 bits per heavy atom. The molecule has 28 heavy (non-hydrogen) atoms. The Labute approximate surface area is 174 Å². The predicted molar refractivity (Wildman–Crippen MR) is 106 cm³/mol. The number of rotatable bonds is 9. The zero-order valence-electron chi connectivity index (χ0n) is 15.4. The van der Waals surface area contributed by atoms with Crippen LogP contribution in [0.4, 0.5) is 15.9 Å². The molecule has 1 fully saturated rings. The van der Waals surface area contributed by atoms with Gasteiger partial charge in [-0.15, -0.1) is 0 Å². The molecular weight excluding hydrogens is 457 g/mol. The zero-order valence-corrected chi connectivity index (χ0v) is 17.8. The van der Waals surface area contributed by atoms with Crippen LogP contribution in [0, 0.1) is 12.8 Å². The summed E-state index contributed by atoms with van der Waals surface area (Å²) in [5.41, 5.74) is 0.577. The van der Waals surface area contributed by atoms with Gasteiger partial charge < -0.3 is 19.4 Å². The Kier molecular flexibility index (Phi) is 6.84. The summed E-state index contributed by atoms with van der Waals surface area (Å²) < 4.78 is 25.1. The molecule has 0 aliphatic heterocycles. The van der Waals surface area contributed by atoms with Crippen molar-refractivity contribution in [2.45, 2.75) is 25.8 Å². The van der Waals surface area contributed by atoms with Crippen molar-refractivity contribution >= 4 is 39.0 Å². The summed E-state index contributed by atoms with van der Waals surface area (Å²) in [5.74, 6) is 0.600. The molecule has 0 aromatic carbocycles. The SMILES string of the molecule is COc1nc(Cl)nc(C)c1Nc1nc(Br)cn([C@@H](COCCF)C2CC2)c1=O. The molecule has 11 heteroatoms. The minimum atomic E-state index is -0.561. The molecule has 8 nitrogen and oxygen atoms in total. The van der Waals surface area contributed by atoms with E-state index in [2.05, 4.69) is 36.2 Å². The molecule has 1 N–H and O–H groups in total. The van der Waals surface area contributed by atoms with Crippen molar-refractivity contribution in [3.8, 4) is 5.88 Å². The summed E-state index contributed by atoms with van der Waals surface area (Å²) in [5, 5.41) is 3.01. The van der Waals surface area contributed by atoms with Crippen molar-refractivity contribution in [1.82, 2.24) is 19.5 Å². The maximum absolute atomic E-state index is 13.1. The topological polar surface area (TPSA) is 91.2 Å². The van der Waals surface area contributed by atoms with Crippen LogP contribution in [0.25, 0.3) is 0 Å². The Balaban J connectivity index is 1.97. The number of anilines is 2. The van der Waals surface area contributed by atoms with Gasteiger partial charge in [-0.25, -0.2) is 14.4 Å². The summed E-state index contributed by atoms with van der Waals surface area (Å²) >= 11 is 9.22. The van der Waals surface area contributed by atoms with Gasteiger partial charge in [0.25, 0.3) is 5.56 Å². The molecule has 0 bridgehead atoms. The van der Waals surface area contributed by atoms with Crippen molar-refractivity contribution in [3.05, 3.63) is 32.1 Å². The standard InChI is InChI=1S/C17H20BrClFN5O3/c1-9-13(15(27-2)24-17(19)21-9)23-14-16(26)25(7-12(18)22-14)11(10-3-4-10)8-28-6-5-20/h7,10-11H,3-6,8H2,1-2H3,(H,22,23)/t11-/m0/s1. The van der Waals surface area contributed by atoms with Crippen LogP contribution in [-0.2, 0) is 4.74 Å². The number of halogens is 3. The highest BCUT2D eigenvalue weighted by Gasteiger charge is 2.34. The highest BCUT2D eigenvalue weighted by Crippen LogP contribution is 2.39. The first kappa shape index (κ1) is 20.9. The number of nitrogens with one attached hydrogen (secondary N) is 1. The number of methoxy groups -OCH3 is 1. The Hall–Kier alpha value is -1.78. The first-order chi connectivity index (χ1) is 13.4. The van der Waals surface area contributed by atoms with Crippen LogP contribution >= 0.6 is 27.5 Å². The summed E-state index contributed by atoms with van der Waals surface area (Å²) in [6, 6.07) is -0.191. The predicted octanol–water partition coefficient (Wildman–Crippen LogP) is 3.45. The van der Waals surface area contributed by atoms with Crippen molar-refractivity contribution in [2.24, 2.45) is 5.92 Å². The van der Waals surface area contributed by atoms with E-state index in [1.165, 1.54) is 7.11 Å². The molecule has 2 heterocycles. The van der Waals surface area contributed by atoms with Crippen LogP contribution in [0.2, 0.25) is 5.28 Å². The third-order valence-corrected chi connectivity index (χ3v) is 4.95. The lowest BCUT2D eigenvalue weighted by Crippen LogP contribution is -2.31. The highest BCUT2D eigenvalue weighted by atomic mass is 79.9. The fourth-order valence-electron chi connectivity index (χ4n) is 2.91. The highest BCUT2D eigenvalue weighted by molar-refractivity contribution is 9.10. The second kappa shape index (κ2) is 9.15. The largest absolute Gasteiger partial charge is 0.479 e. The molecule has 1 aliphatic rings. The van der Waals surface area contributed by atoms with Gasteiger partial charge in [0.1, 0.15) is 17.0 Å². The van der Waals surface area contributed by atoms with E-state index >= 15 is 0 Å². The second-order valence-corrected chi connectivity index (χ2v) is 7.53. The first-order valence-electron chi connectivity index (χ1n) is 8.72. The van der Waals surface area contributed by atoms with E-state index in [0.29, 0.717) is 21.9 Å². The third-order valence-electron chi connectivity index (χ3n) is 4.40. The first-order valence-corrected chi connectivity index (χ1v) is 9.89. The fourth-order valence-corrected chi connectivity index (χ4v) is 3.52. The van der Waals surface area contributed by atoms with Gasteiger partial charge in [0.05, 0.1) is 32.1 Å². The molecule has 0 spiro atoms. The summed E-state index contributed by atoms with van der Waals surface area (Å²) in [6.07, 6.45) is 3.62. The fraction of sp³-hybridized carbons (Fsp3) is 0.529. The Morgan fingerprint density at radius 1 is 1.43 bits per heavy atom. The van der Waals surface area contributed by atoms with E-state index in [1.807, 2.05) is 0 Å². The summed E-state index contributed by atoms with van der Waals surface area (Å²) in [4.78, 5) is 25.4. The van der Waals surface area contributed by atoms with Gasteiger partial charge in [0.15, 0.2) is 5.82 Å². The normalized spacial score (nSPS) is 14.8. The Morgan fingerprint density at radius 3 is 2.82 bits per heavy atom. The van der Waals surface area contributed by atoms with Crippen LogP contribution in [-0.4, -0.2) is 46.5 Å². The van der Waals surface area contributed by atoms with Crippen LogP contribution in [0.1, 0.15) is 24.6 Å². The molecular formula is C17H20BrClFN5O3. The van der Waals surface area contributed by atoms with Gasteiger partial charge in [-0.3, -0.25) is 4.79 Å². The summed E-state index contributed by atoms with van der Waals surface area (Å²) in [6.45, 7) is 1.42. The molecule has 0 radical (unpaired) electrons. The maximum Gasteiger partial charge on any atom is 0.294 e. The van der Waals surface area contributed by atoms with Crippen LogP contribution in [0.15, 0.2) is 15.6 Å². The van der Waals surface area contributed by atoms with Crippen molar-refractivity contribution in [3.63, 3.8) is 0 Å². The van der Waals surface area contributed by atoms with Crippen molar-refractivity contribution in [1.29, 1.82) is 0 Å². The van der Waals surface area contributed by atoms with Gasteiger partial charge in [-0.2, -0.15) is 4.98 Å². The minimum absolute atomic E-state index is 0.00778. The van der Waals surface area contributed by atoms with Crippen molar-refractivity contribution in [2.75, 3.05) is 32.3 Å². The third kappa shape index (κ3) is 4.79. The van der Waals surface area contributed by atoms with Gasteiger partial charge in [-0.1, -0.05) is 0 Å². The van der Waals surface area contributed by atoms with E-state index in [0.717, 1.165) is 12.8 Å². The van der Waals surface area contributed by atoms with Gasteiger partial charge >= 0.3 is 0 Å². The van der Waals surface area contributed by atoms with Gasteiger partial charge in [0.2, 0.25) is 11.2 Å². The molecule has 3 rings (SSSR count). The molecule has 2 aromatic heterocycles. The van der Waals surface area contributed by atoms with E-state index in [4.69, 9.17) is 21.1 Å². The molecule has 0 unspecified atom stereocenters. The molecule has 1 saturated carbocycles. The average molecular weight is 477 g/mol. The van der Waals surface area contributed by atoms with Crippen molar-refractivity contribution < 1.29 is 13.9 Å². The van der Waals surface area contributed by atoms with E-state index in [-0.39, 0.29) is 41.8 Å². The number of aryl methyl sites for hydroxylation is 1. The Bertz CT molecular complexity index is 909.